The summed E-state index contributed by atoms with van der Waals surface area (Å²) in [7, 11) is 0. The minimum absolute atomic E-state index is 0.0216. The molecule has 0 aliphatic rings. The SMILES string of the molecule is CC(=O)N[C@@H](Cc1ccc(N)cc1)C(=O)N[C@H](C(=O)N[C@@H](CC(C)C)C(=O)N[C@@H](CC(=O)O)C(=O)N[C@@H](C)C(=O)N[C@@H](CC(=O)O)C(=O)N[C@@H](Cc1ccccc1)C(=O)O)[C@@H](C)O. The molecule has 0 aromatic heterocycles. The molecular weight excluding hydrogens is 828 g/mol. The summed E-state index contributed by atoms with van der Waals surface area (Å²) >= 11 is 0. The number of hydrogen-bond acceptors (Lipinski definition) is 12. The van der Waals surface area contributed by atoms with Gasteiger partial charge in [0, 0.05) is 25.5 Å². The number of aliphatic hydroxyl groups is 1. The Balaban J connectivity index is 2.22. The van der Waals surface area contributed by atoms with Gasteiger partial charge >= 0.3 is 17.9 Å². The summed E-state index contributed by atoms with van der Waals surface area (Å²) in [6.07, 6.45) is -3.85. The van der Waals surface area contributed by atoms with E-state index in [-0.39, 0.29) is 25.2 Å². The summed E-state index contributed by atoms with van der Waals surface area (Å²) in [6.45, 7) is 6.84. The number of rotatable bonds is 25. The quantitative estimate of drug-likeness (QED) is 0.0478. The molecule has 2 aromatic rings. The fourth-order valence-electron chi connectivity index (χ4n) is 6.01. The summed E-state index contributed by atoms with van der Waals surface area (Å²) in [5.74, 6) is -11.9. The molecule has 0 radical (unpaired) electrons. The number of carboxylic acids is 3. The standard InChI is InChI=1S/C41H56N8O14/c1-20(2)15-27(47-40(61)34(22(4)50)49-39(60)28(44-23(5)51)16-25-11-13-26(42)14-12-25)37(58)46-29(18-32(52)53)36(57)43-21(3)35(56)45-30(19-33(54)55)38(59)48-31(41(62)63)17-24-9-7-6-8-10-24/h6-14,20-22,27-31,34,50H,15-19,42H2,1-5H3,(H,43,57)(H,44,51)(H,45,56)(H,46,58)(H,47,61)(H,48,59)(H,49,60)(H,52,53)(H,54,55)(H,62,63)/t21-,22+,27-,28-,29-,30-,31-,34-/m0/s1. The van der Waals surface area contributed by atoms with Gasteiger partial charge in [-0.15, -0.1) is 0 Å². The van der Waals surface area contributed by atoms with Crippen molar-refractivity contribution in [2.75, 3.05) is 5.73 Å². The Hall–Kier alpha value is -7.10. The van der Waals surface area contributed by atoms with E-state index in [1.807, 2.05) is 0 Å². The van der Waals surface area contributed by atoms with Crippen molar-refractivity contribution in [1.29, 1.82) is 0 Å². The van der Waals surface area contributed by atoms with Crippen LogP contribution in [0.3, 0.4) is 0 Å². The number of amides is 7. The number of aliphatic carboxylic acids is 3. The van der Waals surface area contributed by atoms with Crippen molar-refractivity contribution in [2.24, 2.45) is 5.92 Å². The molecule has 0 spiro atoms. The molecule has 0 aliphatic heterocycles. The number of benzene rings is 2. The largest absolute Gasteiger partial charge is 0.481 e. The number of aliphatic hydroxyl groups excluding tert-OH is 1. The van der Waals surface area contributed by atoms with Gasteiger partial charge in [-0.25, -0.2) is 4.79 Å². The van der Waals surface area contributed by atoms with Crippen LogP contribution in [0.2, 0.25) is 0 Å². The summed E-state index contributed by atoms with van der Waals surface area (Å²) in [5, 5.41) is 55.3. The molecule has 2 rings (SSSR count). The van der Waals surface area contributed by atoms with Crippen LogP contribution in [0, 0.1) is 5.92 Å². The Kier molecular flexibility index (Phi) is 20.6. The zero-order valence-corrected chi connectivity index (χ0v) is 35.4. The lowest BCUT2D eigenvalue weighted by Crippen LogP contribution is -2.61. The zero-order chi connectivity index (χ0) is 47.6. The van der Waals surface area contributed by atoms with Crippen molar-refractivity contribution in [3.63, 3.8) is 0 Å². The molecule has 22 nitrogen and oxygen atoms in total. The van der Waals surface area contributed by atoms with Crippen LogP contribution in [0.25, 0.3) is 0 Å². The van der Waals surface area contributed by atoms with Gasteiger partial charge < -0.3 is 63.4 Å². The predicted octanol–water partition coefficient (Wildman–Crippen LogP) is -2.05. The van der Waals surface area contributed by atoms with E-state index in [2.05, 4.69) is 37.2 Å². The molecule has 0 unspecified atom stereocenters. The van der Waals surface area contributed by atoms with Gasteiger partial charge in [0.15, 0.2) is 0 Å². The Morgan fingerprint density at radius 2 is 0.968 bits per heavy atom. The maximum Gasteiger partial charge on any atom is 0.326 e. The van der Waals surface area contributed by atoms with Gasteiger partial charge in [0.1, 0.15) is 42.3 Å². The van der Waals surface area contributed by atoms with Crippen LogP contribution < -0.4 is 43.0 Å². The topological polar surface area (TPSA) is 362 Å². The summed E-state index contributed by atoms with van der Waals surface area (Å²) in [6, 6.07) is 3.48. The zero-order valence-electron chi connectivity index (χ0n) is 35.4. The maximum atomic E-state index is 13.6. The molecular formula is C41H56N8O14. The van der Waals surface area contributed by atoms with Crippen molar-refractivity contribution < 1.29 is 68.4 Å². The third kappa shape index (κ3) is 18.6. The summed E-state index contributed by atoms with van der Waals surface area (Å²) < 4.78 is 0. The summed E-state index contributed by atoms with van der Waals surface area (Å²) in [4.78, 5) is 127. The van der Waals surface area contributed by atoms with E-state index < -0.39 is 120 Å². The van der Waals surface area contributed by atoms with Crippen LogP contribution in [0.4, 0.5) is 5.69 Å². The fourth-order valence-corrected chi connectivity index (χ4v) is 6.01. The van der Waals surface area contributed by atoms with Gasteiger partial charge in [0.2, 0.25) is 41.4 Å². The second-order valence-corrected chi connectivity index (χ2v) is 15.3. The second kappa shape index (κ2) is 25.0. The van der Waals surface area contributed by atoms with Crippen LogP contribution in [0.15, 0.2) is 54.6 Å². The van der Waals surface area contributed by atoms with E-state index in [9.17, 15) is 68.4 Å². The molecule has 13 N–H and O–H groups in total. The van der Waals surface area contributed by atoms with E-state index in [0.717, 1.165) is 6.92 Å². The Morgan fingerprint density at radius 3 is 1.46 bits per heavy atom. The van der Waals surface area contributed by atoms with Crippen LogP contribution in [-0.2, 0) is 60.8 Å². The minimum atomic E-state index is -1.87. The van der Waals surface area contributed by atoms with Crippen molar-refractivity contribution in [2.45, 2.75) is 115 Å². The van der Waals surface area contributed by atoms with Crippen molar-refractivity contribution >= 4 is 64.9 Å². The molecule has 7 amide bonds. The van der Waals surface area contributed by atoms with Gasteiger partial charge in [-0.3, -0.25) is 43.2 Å². The fraction of sp³-hybridized carbons (Fsp3) is 0.463. The molecule has 63 heavy (non-hydrogen) atoms. The van der Waals surface area contributed by atoms with Crippen LogP contribution in [-0.4, -0.2) is 128 Å². The highest BCUT2D eigenvalue weighted by atomic mass is 16.4. The molecule has 0 saturated heterocycles. The summed E-state index contributed by atoms with van der Waals surface area (Å²) in [5.41, 5.74) is 7.33. The maximum absolute atomic E-state index is 13.6. The van der Waals surface area contributed by atoms with E-state index in [1.54, 1.807) is 68.4 Å². The van der Waals surface area contributed by atoms with Gasteiger partial charge in [0.25, 0.3) is 0 Å². The molecule has 0 bridgehead atoms. The number of nitrogen functional groups attached to an aromatic ring is 1. The molecule has 8 atom stereocenters. The number of carboxylic acid groups (broad SMARTS) is 3. The van der Waals surface area contributed by atoms with Gasteiger partial charge in [0.05, 0.1) is 18.9 Å². The first-order valence-corrected chi connectivity index (χ1v) is 19.8. The average molecular weight is 885 g/mol. The van der Waals surface area contributed by atoms with Gasteiger partial charge in [-0.05, 0) is 49.4 Å². The van der Waals surface area contributed by atoms with Crippen LogP contribution in [0.5, 0.6) is 0 Å². The molecule has 344 valence electrons. The third-order valence-electron chi connectivity index (χ3n) is 9.19. The Bertz CT molecular complexity index is 1960. The molecule has 22 heteroatoms. The van der Waals surface area contributed by atoms with Crippen molar-refractivity contribution in [3.8, 4) is 0 Å². The van der Waals surface area contributed by atoms with E-state index in [4.69, 9.17) is 5.73 Å². The van der Waals surface area contributed by atoms with Crippen molar-refractivity contribution in [1.82, 2.24) is 37.2 Å². The Labute approximate surface area is 362 Å². The highest BCUT2D eigenvalue weighted by Gasteiger charge is 2.35. The first-order valence-electron chi connectivity index (χ1n) is 19.8. The number of carbonyl (C=O) groups excluding carboxylic acids is 7. The van der Waals surface area contributed by atoms with E-state index in [0.29, 0.717) is 16.8 Å². The second-order valence-electron chi connectivity index (χ2n) is 15.3. The van der Waals surface area contributed by atoms with E-state index >= 15 is 0 Å². The molecule has 0 heterocycles. The van der Waals surface area contributed by atoms with E-state index in [1.165, 1.54) is 13.8 Å². The first-order chi connectivity index (χ1) is 29.5. The molecule has 0 fully saturated rings. The smallest absolute Gasteiger partial charge is 0.326 e. The Morgan fingerprint density at radius 1 is 0.524 bits per heavy atom. The molecule has 2 aromatic carbocycles. The highest BCUT2D eigenvalue weighted by Crippen LogP contribution is 2.11. The van der Waals surface area contributed by atoms with Gasteiger partial charge in [-0.2, -0.15) is 0 Å². The monoisotopic (exact) mass is 884 g/mol. The number of hydrogen-bond donors (Lipinski definition) is 12. The lowest BCUT2D eigenvalue weighted by atomic mass is 10.0. The first kappa shape index (κ1) is 52.0. The normalized spacial score (nSPS) is 14.7. The molecule has 0 aliphatic carbocycles. The predicted molar refractivity (Wildman–Crippen MR) is 223 cm³/mol. The van der Waals surface area contributed by atoms with Gasteiger partial charge in [-0.1, -0.05) is 56.3 Å². The van der Waals surface area contributed by atoms with Crippen LogP contribution >= 0.6 is 0 Å². The number of carbonyl (C=O) groups is 10. The number of anilines is 1. The lowest BCUT2D eigenvalue weighted by molar-refractivity contribution is -0.143. The average Bonchev–Trinajstić information content (AvgIpc) is 3.18. The minimum Gasteiger partial charge on any atom is -0.481 e. The van der Waals surface area contributed by atoms with Crippen LogP contribution in [0.1, 0.15) is 65.0 Å². The van der Waals surface area contributed by atoms with Crippen molar-refractivity contribution in [3.05, 3.63) is 65.7 Å². The highest BCUT2D eigenvalue weighted by molar-refractivity contribution is 5.98. The molecule has 0 saturated carbocycles. The lowest BCUT2D eigenvalue weighted by Gasteiger charge is -2.28. The number of nitrogens with one attached hydrogen (secondary N) is 7. The number of nitrogens with two attached hydrogens (primary N) is 1. The third-order valence-corrected chi connectivity index (χ3v) is 9.19.